The van der Waals surface area contributed by atoms with Gasteiger partial charge < -0.3 is 11.1 Å². The van der Waals surface area contributed by atoms with E-state index in [-0.39, 0.29) is 5.91 Å². The summed E-state index contributed by atoms with van der Waals surface area (Å²) < 4.78 is 0. The van der Waals surface area contributed by atoms with Crippen LogP contribution in [0.3, 0.4) is 0 Å². The number of carbonyl (C=O) groups is 1. The van der Waals surface area contributed by atoms with Gasteiger partial charge in [-0.25, -0.2) is 0 Å². The second kappa shape index (κ2) is 6.58. The van der Waals surface area contributed by atoms with Crippen molar-refractivity contribution in [2.75, 3.05) is 13.1 Å². The van der Waals surface area contributed by atoms with Gasteiger partial charge in [0.2, 0.25) is 5.91 Å². The first kappa shape index (κ1) is 12.2. The molecule has 0 saturated carbocycles. The molecule has 1 amide bonds. The number of nitrogens with one attached hydrogen (secondary N) is 1. The predicted octanol–water partition coefficient (Wildman–Crippen LogP) is 1.45. The SMILES string of the molecule is Cc1ccc(CC(=O)NCCCCN)s1. The van der Waals surface area contributed by atoms with Crippen LogP contribution in [0.25, 0.3) is 0 Å². The lowest BCUT2D eigenvalue weighted by Gasteiger charge is -2.02. The number of thiophene rings is 1. The van der Waals surface area contributed by atoms with Gasteiger partial charge >= 0.3 is 0 Å². The molecule has 1 aromatic heterocycles. The fourth-order valence-electron chi connectivity index (χ4n) is 1.30. The molecule has 4 heteroatoms. The van der Waals surface area contributed by atoms with Crippen LogP contribution >= 0.6 is 11.3 Å². The van der Waals surface area contributed by atoms with Crippen LogP contribution in [-0.4, -0.2) is 19.0 Å². The van der Waals surface area contributed by atoms with Crippen LogP contribution in [0.5, 0.6) is 0 Å². The number of hydrogen-bond acceptors (Lipinski definition) is 3. The standard InChI is InChI=1S/C11H18N2OS/c1-9-4-5-10(15-9)8-11(14)13-7-3-2-6-12/h4-5H,2-3,6-8,12H2,1H3,(H,13,14). The Hall–Kier alpha value is -0.870. The van der Waals surface area contributed by atoms with E-state index in [1.165, 1.54) is 4.88 Å². The van der Waals surface area contributed by atoms with E-state index in [1.807, 2.05) is 19.1 Å². The molecule has 0 fully saturated rings. The molecule has 0 radical (unpaired) electrons. The Balaban J connectivity index is 2.18. The Morgan fingerprint density at radius 1 is 1.47 bits per heavy atom. The first-order valence-electron chi connectivity index (χ1n) is 5.24. The van der Waals surface area contributed by atoms with Crippen molar-refractivity contribution in [2.45, 2.75) is 26.2 Å². The monoisotopic (exact) mass is 226 g/mol. The maximum absolute atomic E-state index is 11.4. The molecule has 0 aromatic carbocycles. The molecule has 0 aliphatic heterocycles. The van der Waals surface area contributed by atoms with Crippen molar-refractivity contribution in [2.24, 2.45) is 5.73 Å². The maximum atomic E-state index is 11.4. The van der Waals surface area contributed by atoms with Crippen molar-refractivity contribution < 1.29 is 4.79 Å². The van der Waals surface area contributed by atoms with E-state index in [2.05, 4.69) is 5.32 Å². The van der Waals surface area contributed by atoms with Crippen LogP contribution in [0.4, 0.5) is 0 Å². The molecule has 1 aromatic rings. The molecular weight excluding hydrogens is 208 g/mol. The summed E-state index contributed by atoms with van der Waals surface area (Å²) in [4.78, 5) is 13.8. The van der Waals surface area contributed by atoms with E-state index in [9.17, 15) is 4.79 Å². The van der Waals surface area contributed by atoms with Crippen LogP contribution in [0.2, 0.25) is 0 Å². The molecule has 0 bridgehead atoms. The second-order valence-corrected chi connectivity index (χ2v) is 4.91. The topological polar surface area (TPSA) is 55.1 Å². The normalized spacial score (nSPS) is 10.3. The van der Waals surface area contributed by atoms with E-state index >= 15 is 0 Å². The first-order valence-corrected chi connectivity index (χ1v) is 6.06. The second-order valence-electron chi connectivity index (χ2n) is 3.53. The molecule has 84 valence electrons. The van der Waals surface area contributed by atoms with E-state index in [1.54, 1.807) is 11.3 Å². The molecule has 1 rings (SSSR count). The van der Waals surface area contributed by atoms with Gasteiger partial charge in [-0.05, 0) is 38.4 Å². The lowest BCUT2D eigenvalue weighted by molar-refractivity contribution is -0.120. The third kappa shape index (κ3) is 4.95. The van der Waals surface area contributed by atoms with Crippen LogP contribution < -0.4 is 11.1 Å². The zero-order valence-electron chi connectivity index (χ0n) is 9.08. The molecule has 0 aliphatic carbocycles. The molecule has 3 nitrogen and oxygen atoms in total. The van der Waals surface area contributed by atoms with Gasteiger partial charge in [-0.2, -0.15) is 0 Å². The summed E-state index contributed by atoms with van der Waals surface area (Å²) in [6.07, 6.45) is 2.44. The Bertz CT molecular complexity index is 309. The minimum atomic E-state index is 0.105. The highest BCUT2D eigenvalue weighted by atomic mass is 32.1. The van der Waals surface area contributed by atoms with E-state index in [0.717, 1.165) is 24.3 Å². The number of amides is 1. The number of unbranched alkanes of at least 4 members (excludes halogenated alkanes) is 1. The van der Waals surface area contributed by atoms with Gasteiger partial charge in [-0.15, -0.1) is 11.3 Å². The highest BCUT2D eigenvalue weighted by molar-refractivity contribution is 7.12. The fourth-order valence-corrected chi connectivity index (χ4v) is 2.19. The summed E-state index contributed by atoms with van der Waals surface area (Å²) in [7, 11) is 0. The van der Waals surface area contributed by atoms with Gasteiger partial charge in [0.1, 0.15) is 0 Å². The van der Waals surface area contributed by atoms with Crippen LogP contribution in [0.1, 0.15) is 22.6 Å². The lowest BCUT2D eigenvalue weighted by Crippen LogP contribution is -2.26. The number of rotatable bonds is 6. The molecule has 0 unspecified atom stereocenters. The molecule has 0 aliphatic rings. The Kier molecular flexibility index (Phi) is 5.36. The van der Waals surface area contributed by atoms with Gasteiger partial charge in [0.15, 0.2) is 0 Å². The van der Waals surface area contributed by atoms with Crippen LogP contribution in [-0.2, 0) is 11.2 Å². The van der Waals surface area contributed by atoms with Gasteiger partial charge in [-0.1, -0.05) is 0 Å². The molecule has 15 heavy (non-hydrogen) atoms. The molecule has 3 N–H and O–H groups in total. The van der Waals surface area contributed by atoms with Crippen molar-refractivity contribution in [3.8, 4) is 0 Å². The minimum Gasteiger partial charge on any atom is -0.356 e. The highest BCUT2D eigenvalue weighted by Crippen LogP contribution is 2.15. The van der Waals surface area contributed by atoms with E-state index in [0.29, 0.717) is 13.0 Å². The minimum absolute atomic E-state index is 0.105. The lowest BCUT2D eigenvalue weighted by atomic mass is 10.3. The smallest absolute Gasteiger partial charge is 0.225 e. The summed E-state index contributed by atoms with van der Waals surface area (Å²) >= 11 is 1.68. The summed E-state index contributed by atoms with van der Waals surface area (Å²) in [5.74, 6) is 0.105. The quantitative estimate of drug-likeness (QED) is 0.721. The van der Waals surface area contributed by atoms with Crippen molar-refractivity contribution >= 4 is 17.2 Å². The fraction of sp³-hybridized carbons (Fsp3) is 0.545. The van der Waals surface area contributed by atoms with Gasteiger partial charge in [0.25, 0.3) is 0 Å². The van der Waals surface area contributed by atoms with Crippen LogP contribution in [0, 0.1) is 6.92 Å². The number of nitrogens with two attached hydrogens (primary N) is 1. The molecule has 1 heterocycles. The summed E-state index contributed by atoms with van der Waals surface area (Å²) in [5, 5.41) is 2.89. The maximum Gasteiger partial charge on any atom is 0.225 e. The number of hydrogen-bond donors (Lipinski definition) is 2. The van der Waals surface area contributed by atoms with Crippen molar-refractivity contribution in [1.29, 1.82) is 0 Å². The Morgan fingerprint density at radius 2 is 2.27 bits per heavy atom. The Labute approximate surface area is 94.7 Å². The number of carbonyl (C=O) groups excluding carboxylic acids is 1. The summed E-state index contributed by atoms with van der Waals surface area (Å²) in [5.41, 5.74) is 5.36. The third-order valence-corrected chi connectivity index (χ3v) is 3.08. The molecule has 0 atom stereocenters. The van der Waals surface area contributed by atoms with Gasteiger partial charge in [-0.3, -0.25) is 4.79 Å². The molecule has 0 saturated heterocycles. The van der Waals surface area contributed by atoms with Crippen molar-refractivity contribution in [3.63, 3.8) is 0 Å². The van der Waals surface area contributed by atoms with Crippen molar-refractivity contribution in [3.05, 3.63) is 21.9 Å². The largest absolute Gasteiger partial charge is 0.356 e. The average Bonchev–Trinajstić information content (AvgIpc) is 2.59. The summed E-state index contributed by atoms with van der Waals surface area (Å²) in [6.45, 7) is 3.48. The molecular formula is C11H18N2OS. The first-order chi connectivity index (χ1) is 7.22. The van der Waals surface area contributed by atoms with Gasteiger partial charge in [0, 0.05) is 16.3 Å². The summed E-state index contributed by atoms with van der Waals surface area (Å²) in [6, 6.07) is 4.06. The molecule has 0 spiro atoms. The predicted molar refractivity (Wildman–Crippen MR) is 64.1 cm³/mol. The van der Waals surface area contributed by atoms with Crippen molar-refractivity contribution in [1.82, 2.24) is 5.32 Å². The highest BCUT2D eigenvalue weighted by Gasteiger charge is 2.04. The average molecular weight is 226 g/mol. The zero-order valence-corrected chi connectivity index (χ0v) is 9.90. The van der Waals surface area contributed by atoms with Gasteiger partial charge in [0.05, 0.1) is 6.42 Å². The third-order valence-electron chi connectivity index (χ3n) is 2.08. The number of aryl methyl sites for hydroxylation is 1. The Morgan fingerprint density at radius 3 is 2.87 bits per heavy atom. The van der Waals surface area contributed by atoms with E-state index in [4.69, 9.17) is 5.73 Å². The zero-order chi connectivity index (χ0) is 11.1. The van der Waals surface area contributed by atoms with E-state index < -0.39 is 0 Å². The van der Waals surface area contributed by atoms with Crippen LogP contribution in [0.15, 0.2) is 12.1 Å².